The second kappa shape index (κ2) is 5.08. The van der Waals surface area contributed by atoms with E-state index in [1.807, 2.05) is 0 Å². The molecule has 0 spiro atoms. The van der Waals surface area contributed by atoms with Crippen LogP contribution < -0.4 is 0 Å². The Labute approximate surface area is 92.8 Å². The van der Waals surface area contributed by atoms with Gasteiger partial charge in [0.2, 0.25) is 0 Å². The van der Waals surface area contributed by atoms with E-state index in [4.69, 9.17) is 4.74 Å². The van der Waals surface area contributed by atoms with E-state index < -0.39 is 0 Å². The van der Waals surface area contributed by atoms with E-state index in [1.165, 1.54) is 0 Å². The summed E-state index contributed by atoms with van der Waals surface area (Å²) in [6.45, 7) is 7.98. The Kier molecular flexibility index (Phi) is 4.29. The molecule has 0 bridgehead atoms. The molecule has 0 radical (unpaired) electrons. The number of nitrogens with zero attached hydrogens (tertiary/aromatic N) is 1. The molecule has 15 heavy (non-hydrogen) atoms. The van der Waals surface area contributed by atoms with Crippen LogP contribution in [0.4, 0.5) is 0 Å². The van der Waals surface area contributed by atoms with Crippen molar-refractivity contribution in [1.82, 2.24) is 4.90 Å². The molecule has 0 aromatic rings. The highest BCUT2D eigenvalue weighted by Gasteiger charge is 2.32. The Bertz CT molecular complexity index is 230. The van der Waals surface area contributed by atoms with Gasteiger partial charge in [-0.15, -0.1) is 0 Å². The molecule has 1 heterocycles. The summed E-state index contributed by atoms with van der Waals surface area (Å²) >= 11 is 0. The molecule has 3 heteroatoms. The van der Waals surface area contributed by atoms with Gasteiger partial charge in [0, 0.05) is 26.1 Å². The van der Waals surface area contributed by atoms with Gasteiger partial charge in [0.05, 0.1) is 5.60 Å². The molecule has 1 aliphatic rings. The maximum absolute atomic E-state index is 11.1. The number of piperidine rings is 1. The minimum atomic E-state index is -0.0245. The van der Waals surface area contributed by atoms with Gasteiger partial charge in [0.1, 0.15) is 5.78 Å². The lowest BCUT2D eigenvalue weighted by Gasteiger charge is -2.42. The summed E-state index contributed by atoms with van der Waals surface area (Å²) in [5, 5.41) is 0. The van der Waals surface area contributed by atoms with Crippen LogP contribution in [0.15, 0.2) is 0 Å². The minimum absolute atomic E-state index is 0.0245. The van der Waals surface area contributed by atoms with Gasteiger partial charge in [-0.1, -0.05) is 0 Å². The van der Waals surface area contributed by atoms with Crippen LogP contribution in [0, 0.1) is 0 Å². The van der Waals surface area contributed by atoms with E-state index >= 15 is 0 Å². The number of hydrogen-bond acceptors (Lipinski definition) is 3. The van der Waals surface area contributed by atoms with Crippen LogP contribution >= 0.6 is 0 Å². The molecule has 1 aliphatic heterocycles. The predicted octanol–water partition coefficient (Wildman–Crippen LogP) is 1.85. The van der Waals surface area contributed by atoms with Crippen molar-refractivity contribution in [2.45, 2.75) is 51.7 Å². The van der Waals surface area contributed by atoms with E-state index in [0.717, 1.165) is 25.9 Å². The van der Waals surface area contributed by atoms with Gasteiger partial charge in [-0.25, -0.2) is 0 Å². The maximum Gasteiger partial charge on any atom is 0.131 e. The van der Waals surface area contributed by atoms with Crippen LogP contribution in [0.3, 0.4) is 0 Å². The van der Waals surface area contributed by atoms with E-state index in [2.05, 4.69) is 18.7 Å². The molecule has 0 saturated carbocycles. The average molecular weight is 213 g/mol. The van der Waals surface area contributed by atoms with Crippen molar-refractivity contribution in [3.63, 3.8) is 0 Å². The Balaban J connectivity index is 2.52. The van der Waals surface area contributed by atoms with Crippen molar-refractivity contribution in [3.8, 4) is 0 Å². The fourth-order valence-corrected chi connectivity index (χ4v) is 2.33. The zero-order valence-corrected chi connectivity index (χ0v) is 10.4. The highest BCUT2D eigenvalue weighted by molar-refractivity contribution is 5.76. The lowest BCUT2D eigenvalue weighted by Crippen LogP contribution is -2.50. The zero-order chi connectivity index (χ0) is 11.5. The van der Waals surface area contributed by atoms with E-state index in [0.29, 0.717) is 12.5 Å². The SMILES string of the molecule is COC1(C)CCCN(C(C)CC(C)=O)C1. The molecular formula is C12H23NO2. The molecule has 2 atom stereocenters. The summed E-state index contributed by atoms with van der Waals surface area (Å²) < 4.78 is 5.54. The largest absolute Gasteiger partial charge is 0.377 e. The molecule has 88 valence electrons. The van der Waals surface area contributed by atoms with Gasteiger partial charge in [-0.05, 0) is 40.2 Å². The number of ketones is 1. The number of methoxy groups -OCH3 is 1. The molecule has 0 amide bonds. The number of likely N-dealkylation sites (tertiary alicyclic amines) is 1. The summed E-state index contributed by atoms with van der Waals surface area (Å²) in [5.41, 5.74) is -0.0245. The molecule has 0 aromatic heterocycles. The fraction of sp³-hybridized carbons (Fsp3) is 0.917. The highest BCUT2D eigenvalue weighted by Crippen LogP contribution is 2.25. The Hall–Kier alpha value is -0.410. The number of ether oxygens (including phenoxy) is 1. The van der Waals surface area contributed by atoms with Crippen molar-refractivity contribution in [2.24, 2.45) is 0 Å². The summed E-state index contributed by atoms with van der Waals surface area (Å²) in [7, 11) is 1.78. The number of Topliss-reactive ketones (excluding diaryl/α,β-unsaturated/α-hetero) is 1. The summed E-state index contributed by atoms with van der Waals surface area (Å²) in [4.78, 5) is 13.4. The number of carbonyl (C=O) groups is 1. The second-order valence-corrected chi connectivity index (χ2v) is 4.98. The maximum atomic E-state index is 11.1. The molecule has 0 aromatic carbocycles. The van der Waals surface area contributed by atoms with E-state index in [1.54, 1.807) is 14.0 Å². The minimum Gasteiger partial charge on any atom is -0.377 e. The van der Waals surface area contributed by atoms with Crippen molar-refractivity contribution in [2.75, 3.05) is 20.2 Å². The monoisotopic (exact) mass is 213 g/mol. The van der Waals surface area contributed by atoms with Crippen LogP contribution in [0.25, 0.3) is 0 Å². The molecular weight excluding hydrogens is 190 g/mol. The zero-order valence-electron chi connectivity index (χ0n) is 10.4. The first kappa shape index (κ1) is 12.7. The fourth-order valence-electron chi connectivity index (χ4n) is 2.33. The number of rotatable bonds is 4. The number of carbonyl (C=O) groups excluding carboxylic acids is 1. The highest BCUT2D eigenvalue weighted by atomic mass is 16.5. The molecule has 1 fully saturated rings. The van der Waals surface area contributed by atoms with Crippen molar-refractivity contribution in [3.05, 3.63) is 0 Å². The molecule has 1 saturated heterocycles. The van der Waals surface area contributed by atoms with Gasteiger partial charge in [0.15, 0.2) is 0 Å². The molecule has 3 nitrogen and oxygen atoms in total. The predicted molar refractivity (Wildman–Crippen MR) is 61.0 cm³/mol. The van der Waals surface area contributed by atoms with E-state index in [9.17, 15) is 4.79 Å². The summed E-state index contributed by atoms with van der Waals surface area (Å²) in [6, 6.07) is 0.345. The quantitative estimate of drug-likeness (QED) is 0.714. The number of hydrogen-bond donors (Lipinski definition) is 0. The van der Waals surface area contributed by atoms with Crippen molar-refractivity contribution < 1.29 is 9.53 Å². The first-order valence-electron chi connectivity index (χ1n) is 5.75. The topological polar surface area (TPSA) is 29.5 Å². The van der Waals surface area contributed by atoms with Crippen LogP contribution in [-0.2, 0) is 9.53 Å². The first-order valence-corrected chi connectivity index (χ1v) is 5.75. The lowest BCUT2D eigenvalue weighted by atomic mass is 9.93. The second-order valence-electron chi connectivity index (χ2n) is 4.98. The molecule has 2 unspecified atom stereocenters. The van der Waals surface area contributed by atoms with Gasteiger partial charge >= 0.3 is 0 Å². The van der Waals surface area contributed by atoms with Gasteiger partial charge in [-0.3, -0.25) is 9.69 Å². The third kappa shape index (κ3) is 3.58. The smallest absolute Gasteiger partial charge is 0.131 e. The normalized spacial score (nSPS) is 30.1. The average Bonchev–Trinajstić information content (AvgIpc) is 2.17. The van der Waals surface area contributed by atoms with Gasteiger partial charge in [-0.2, -0.15) is 0 Å². The Morgan fingerprint density at radius 1 is 1.60 bits per heavy atom. The summed E-state index contributed by atoms with van der Waals surface area (Å²) in [6.07, 6.45) is 2.93. The third-order valence-electron chi connectivity index (χ3n) is 3.39. The van der Waals surface area contributed by atoms with Crippen LogP contribution in [0.1, 0.15) is 40.0 Å². The van der Waals surface area contributed by atoms with Gasteiger partial charge in [0.25, 0.3) is 0 Å². The molecule has 0 aliphatic carbocycles. The summed E-state index contributed by atoms with van der Waals surface area (Å²) in [5.74, 6) is 0.271. The Morgan fingerprint density at radius 3 is 2.80 bits per heavy atom. The third-order valence-corrected chi connectivity index (χ3v) is 3.39. The molecule has 1 rings (SSSR count). The lowest BCUT2D eigenvalue weighted by molar-refractivity contribution is -0.119. The van der Waals surface area contributed by atoms with Crippen molar-refractivity contribution in [1.29, 1.82) is 0 Å². The first-order chi connectivity index (χ1) is 6.97. The van der Waals surface area contributed by atoms with Crippen LogP contribution in [0.2, 0.25) is 0 Å². The van der Waals surface area contributed by atoms with E-state index in [-0.39, 0.29) is 11.4 Å². The van der Waals surface area contributed by atoms with Crippen LogP contribution in [0.5, 0.6) is 0 Å². The standard InChI is InChI=1S/C12H23NO2/c1-10(8-11(2)14)13-7-5-6-12(3,9-13)15-4/h10H,5-9H2,1-4H3. The Morgan fingerprint density at radius 2 is 2.27 bits per heavy atom. The van der Waals surface area contributed by atoms with Gasteiger partial charge < -0.3 is 4.74 Å². The van der Waals surface area contributed by atoms with Crippen molar-refractivity contribution >= 4 is 5.78 Å². The van der Waals surface area contributed by atoms with Crippen LogP contribution in [-0.4, -0.2) is 42.5 Å². The molecule has 0 N–H and O–H groups in total.